The van der Waals surface area contributed by atoms with Gasteiger partial charge in [-0.1, -0.05) is 19.3 Å². The van der Waals surface area contributed by atoms with Crippen molar-refractivity contribution in [3.63, 3.8) is 0 Å². The van der Waals surface area contributed by atoms with Gasteiger partial charge in [-0.25, -0.2) is 14.6 Å². The second-order valence-corrected chi connectivity index (χ2v) is 6.57. The summed E-state index contributed by atoms with van der Waals surface area (Å²) in [5.41, 5.74) is 0.824. The van der Waals surface area contributed by atoms with Gasteiger partial charge in [0.05, 0.1) is 24.7 Å². The van der Waals surface area contributed by atoms with E-state index in [0.717, 1.165) is 41.8 Å². The Morgan fingerprint density at radius 3 is 2.86 bits per heavy atom. The highest BCUT2D eigenvalue weighted by Crippen LogP contribution is 2.38. The topological polar surface area (TPSA) is 67.1 Å². The molecule has 22 heavy (non-hydrogen) atoms. The molecule has 0 unspecified atom stereocenters. The van der Waals surface area contributed by atoms with E-state index < -0.39 is 0 Å². The second kappa shape index (κ2) is 5.83. The van der Waals surface area contributed by atoms with Gasteiger partial charge in [0.15, 0.2) is 5.65 Å². The Hall–Kier alpha value is -1.69. The van der Waals surface area contributed by atoms with E-state index in [9.17, 15) is 0 Å². The number of rotatable bonds is 3. The molecule has 2 atom stereocenters. The molecule has 0 spiro atoms. The largest absolute Gasteiger partial charge is 0.394 e. The third kappa shape index (κ3) is 2.35. The van der Waals surface area contributed by atoms with Crippen molar-refractivity contribution in [1.29, 1.82) is 0 Å². The fourth-order valence-corrected chi connectivity index (χ4v) is 4.18. The first-order chi connectivity index (χ1) is 10.9. The molecule has 2 aliphatic rings. The van der Waals surface area contributed by atoms with E-state index in [1.807, 2.05) is 6.20 Å². The lowest BCUT2D eigenvalue weighted by Gasteiger charge is -2.41. The number of aliphatic hydroxyl groups is 1. The molecule has 118 valence electrons. The van der Waals surface area contributed by atoms with E-state index in [1.54, 1.807) is 11.0 Å². The molecule has 1 N–H and O–H groups in total. The van der Waals surface area contributed by atoms with Crippen LogP contribution in [0.4, 0.5) is 5.82 Å². The van der Waals surface area contributed by atoms with Gasteiger partial charge in [0.25, 0.3) is 0 Å². The highest BCUT2D eigenvalue weighted by molar-refractivity contribution is 5.86. The molecule has 2 aromatic rings. The van der Waals surface area contributed by atoms with Gasteiger partial charge in [-0.3, -0.25) is 0 Å². The van der Waals surface area contributed by atoms with Crippen molar-refractivity contribution in [2.75, 3.05) is 24.6 Å². The first kappa shape index (κ1) is 13.9. The molecule has 3 heterocycles. The smallest absolute Gasteiger partial charge is 0.163 e. The van der Waals surface area contributed by atoms with Crippen molar-refractivity contribution in [2.24, 2.45) is 11.8 Å². The molecule has 0 aromatic carbocycles. The quantitative estimate of drug-likeness (QED) is 0.937. The standard InChI is InChI=1S/C16H23N5O/c22-8-7-21-16-14(9-19-21)15(17-11-18-16)20-6-5-12-3-1-2-4-13(12)10-20/h9,11-13,22H,1-8,10H2/t12-,13-/m0/s1. The highest BCUT2D eigenvalue weighted by atomic mass is 16.3. The van der Waals surface area contributed by atoms with Crippen molar-refractivity contribution in [1.82, 2.24) is 19.7 Å². The van der Waals surface area contributed by atoms with E-state index in [0.29, 0.717) is 6.54 Å². The second-order valence-electron chi connectivity index (χ2n) is 6.57. The summed E-state index contributed by atoms with van der Waals surface area (Å²) in [5, 5.41) is 14.5. The lowest BCUT2D eigenvalue weighted by Crippen LogP contribution is -2.42. The molecule has 0 bridgehead atoms. The fraction of sp³-hybridized carbons (Fsp3) is 0.688. The van der Waals surface area contributed by atoms with E-state index in [1.165, 1.54) is 32.1 Å². The van der Waals surface area contributed by atoms with Crippen LogP contribution in [0.2, 0.25) is 0 Å². The first-order valence-electron chi connectivity index (χ1n) is 8.39. The van der Waals surface area contributed by atoms with Crippen molar-refractivity contribution >= 4 is 16.9 Å². The number of piperidine rings is 1. The van der Waals surface area contributed by atoms with Gasteiger partial charge < -0.3 is 10.0 Å². The predicted molar refractivity (Wildman–Crippen MR) is 84.7 cm³/mol. The zero-order valence-electron chi connectivity index (χ0n) is 12.9. The van der Waals surface area contributed by atoms with Crippen LogP contribution in [0.15, 0.2) is 12.5 Å². The summed E-state index contributed by atoms with van der Waals surface area (Å²) in [4.78, 5) is 11.3. The van der Waals surface area contributed by atoms with Crippen molar-refractivity contribution in [2.45, 2.75) is 38.6 Å². The van der Waals surface area contributed by atoms with Crippen LogP contribution in [-0.4, -0.2) is 44.6 Å². The highest BCUT2D eigenvalue weighted by Gasteiger charge is 2.32. The van der Waals surface area contributed by atoms with Crippen LogP contribution in [0.3, 0.4) is 0 Å². The zero-order chi connectivity index (χ0) is 14.9. The third-order valence-electron chi connectivity index (χ3n) is 5.32. The van der Waals surface area contributed by atoms with Gasteiger partial charge in [-0.2, -0.15) is 5.10 Å². The molecule has 1 aliphatic carbocycles. The number of hydrogen-bond acceptors (Lipinski definition) is 5. The molecule has 6 heteroatoms. The van der Waals surface area contributed by atoms with Gasteiger partial charge in [-0.05, 0) is 24.7 Å². The minimum atomic E-state index is 0.0730. The van der Waals surface area contributed by atoms with Crippen LogP contribution in [0.25, 0.3) is 11.0 Å². The molecular formula is C16H23N5O. The summed E-state index contributed by atoms with van der Waals surface area (Å²) in [6.45, 7) is 2.74. The zero-order valence-corrected chi connectivity index (χ0v) is 12.9. The van der Waals surface area contributed by atoms with Crippen molar-refractivity contribution in [3.8, 4) is 0 Å². The fourth-order valence-electron chi connectivity index (χ4n) is 4.18. The van der Waals surface area contributed by atoms with Crippen LogP contribution in [0.1, 0.15) is 32.1 Å². The Balaban J connectivity index is 1.63. The number of hydrogen-bond donors (Lipinski definition) is 1. The third-order valence-corrected chi connectivity index (χ3v) is 5.32. The van der Waals surface area contributed by atoms with Crippen LogP contribution in [0.5, 0.6) is 0 Å². The minimum Gasteiger partial charge on any atom is -0.394 e. The summed E-state index contributed by atoms with van der Waals surface area (Å²) in [7, 11) is 0. The van der Waals surface area contributed by atoms with Crippen molar-refractivity contribution < 1.29 is 5.11 Å². The van der Waals surface area contributed by atoms with E-state index in [4.69, 9.17) is 5.11 Å². The van der Waals surface area contributed by atoms with Crippen LogP contribution >= 0.6 is 0 Å². The number of aliphatic hydroxyl groups excluding tert-OH is 1. The Morgan fingerprint density at radius 2 is 2.00 bits per heavy atom. The Morgan fingerprint density at radius 1 is 1.14 bits per heavy atom. The average Bonchev–Trinajstić information content (AvgIpc) is 2.98. The number of aromatic nitrogens is 4. The molecule has 4 rings (SSSR count). The average molecular weight is 301 g/mol. The summed E-state index contributed by atoms with van der Waals surface area (Å²) in [5.74, 6) is 2.75. The Kier molecular flexibility index (Phi) is 3.70. The molecular weight excluding hydrogens is 278 g/mol. The lowest BCUT2D eigenvalue weighted by molar-refractivity contribution is 0.202. The van der Waals surface area contributed by atoms with E-state index in [2.05, 4.69) is 20.0 Å². The van der Waals surface area contributed by atoms with Gasteiger partial charge in [-0.15, -0.1) is 0 Å². The molecule has 6 nitrogen and oxygen atoms in total. The summed E-state index contributed by atoms with van der Waals surface area (Å²) in [6.07, 6.45) is 10.3. The van der Waals surface area contributed by atoms with Crippen LogP contribution in [-0.2, 0) is 6.54 Å². The number of fused-ring (bicyclic) bond motifs is 2. The summed E-state index contributed by atoms with van der Waals surface area (Å²) < 4.78 is 1.76. The minimum absolute atomic E-state index is 0.0730. The molecule has 2 fully saturated rings. The molecule has 1 saturated carbocycles. The monoisotopic (exact) mass is 301 g/mol. The van der Waals surface area contributed by atoms with E-state index >= 15 is 0 Å². The summed E-state index contributed by atoms with van der Waals surface area (Å²) >= 11 is 0. The van der Waals surface area contributed by atoms with E-state index in [-0.39, 0.29) is 6.61 Å². The lowest BCUT2D eigenvalue weighted by atomic mass is 9.75. The van der Waals surface area contributed by atoms with Gasteiger partial charge in [0.1, 0.15) is 12.1 Å². The maximum Gasteiger partial charge on any atom is 0.163 e. The Bertz CT molecular complexity index is 655. The number of nitrogens with zero attached hydrogens (tertiary/aromatic N) is 5. The Labute approximate surface area is 130 Å². The van der Waals surface area contributed by atoms with Gasteiger partial charge in [0.2, 0.25) is 0 Å². The maximum atomic E-state index is 9.13. The van der Waals surface area contributed by atoms with Gasteiger partial charge >= 0.3 is 0 Å². The van der Waals surface area contributed by atoms with Crippen LogP contribution < -0.4 is 4.90 Å². The van der Waals surface area contributed by atoms with Gasteiger partial charge in [0, 0.05) is 13.1 Å². The first-order valence-corrected chi connectivity index (χ1v) is 8.39. The van der Waals surface area contributed by atoms with Crippen LogP contribution in [0, 0.1) is 11.8 Å². The summed E-state index contributed by atoms with van der Waals surface area (Å²) in [6, 6.07) is 0. The molecule has 1 saturated heterocycles. The molecule has 1 aliphatic heterocycles. The predicted octanol–water partition coefficient (Wildman–Crippen LogP) is 1.84. The maximum absolute atomic E-state index is 9.13. The molecule has 2 aromatic heterocycles. The van der Waals surface area contributed by atoms with Crippen molar-refractivity contribution in [3.05, 3.63) is 12.5 Å². The molecule has 0 radical (unpaired) electrons. The molecule has 0 amide bonds. The normalized spacial score (nSPS) is 25.4. The number of anilines is 1. The SMILES string of the molecule is OCCn1ncc2c(N3CC[C@@H]4CCCC[C@H]4C3)ncnc21.